The molecule has 0 bridgehead atoms. The smallest absolute Gasteiger partial charge is 0.127 e. The number of pyridine rings is 1. The number of aromatic nitrogens is 1. The van der Waals surface area contributed by atoms with Crippen LogP contribution in [0.3, 0.4) is 0 Å². The van der Waals surface area contributed by atoms with E-state index in [1.54, 1.807) is 0 Å². The van der Waals surface area contributed by atoms with Gasteiger partial charge in [-0.2, -0.15) is 0 Å². The van der Waals surface area contributed by atoms with Gasteiger partial charge in [0.05, 0.1) is 0 Å². The van der Waals surface area contributed by atoms with E-state index in [0.717, 1.165) is 18.4 Å². The van der Waals surface area contributed by atoms with Gasteiger partial charge in [-0.05, 0) is 45.3 Å². The van der Waals surface area contributed by atoms with E-state index in [-0.39, 0.29) is 0 Å². The summed E-state index contributed by atoms with van der Waals surface area (Å²) in [6.45, 7) is 7.99. The van der Waals surface area contributed by atoms with Crippen molar-refractivity contribution in [3.05, 3.63) is 18.3 Å². The Hall–Kier alpha value is -1.29. The van der Waals surface area contributed by atoms with E-state index in [1.807, 2.05) is 6.20 Å². The number of hydrogen-bond acceptors (Lipinski definition) is 4. The summed E-state index contributed by atoms with van der Waals surface area (Å²) in [7, 11) is 0. The van der Waals surface area contributed by atoms with Gasteiger partial charge in [0, 0.05) is 43.6 Å². The number of nitrogens with zero attached hydrogens (tertiary/aromatic N) is 3. The largest absolute Gasteiger partial charge is 0.370 e. The van der Waals surface area contributed by atoms with E-state index in [9.17, 15) is 0 Å². The highest BCUT2D eigenvalue weighted by Gasteiger charge is 2.29. The zero-order valence-corrected chi connectivity index (χ0v) is 11.8. The molecule has 1 aromatic rings. The number of likely N-dealkylation sites (tertiary alicyclic amines) is 1. The Morgan fingerprint density at radius 2 is 2.16 bits per heavy atom. The van der Waals surface area contributed by atoms with E-state index >= 15 is 0 Å². The summed E-state index contributed by atoms with van der Waals surface area (Å²) >= 11 is 0. The Balaban J connectivity index is 1.65. The molecule has 4 nitrogen and oxygen atoms in total. The minimum absolute atomic E-state index is 0.762. The number of nitrogens with one attached hydrogen (secondary N) is 1. The van der Waals surface area contributed by atoms with Gasteiger partial charge in [0.15, 0.2) is 0 Å². The summed E-state index contributed by atoms with van der Waals surface area (Å²) in [4.78, 5) is 9.53. The average molecular weight is 260 g/mol. The predicted molar refractivity (Wildman–Crippen MR) is 79.8 cm³/mol. The second kappa shape index (κ2) is 5.78. The zero-order valence-electron chi connectivity index (χ0n) is 11.8. The first-order valence-electron chi connectivity index (χ1n) is 7.56. The first-order valence-corrected chi connectivity index (χ1v) is 7.56. The van der Waals surface area contributed by atoms with Crippen molar-refractivity contribution in [2.75, 3.05) is 42.9 Å². The summed E-state index contributed by atoms with van der Waals surface area (Å²) in [5.41, 5.74) is 1.31. The fraction of sp³-hybridized carbons (Fsp3) is 0.667. The fourth-order valence-electron chi connectivity index (χ4n) is 3.28. The Morgan fingerprint density at radius 3 is 2.95 bits per heavy atom. The van der Waals surface area contributed by atoms with Gasteiger partial charge in [-0.3, -0.25) is 4.90 Å². The average Bonchev–Trinajstić information content (AvgIpc) is 3.11. The van der Waals surface area contributed by atoms with Crippen LogP contribution < -0.4 is 10.2 Å². The van der Waals surface area contributed by atoms with Gasteiger partial charge in [-0.15, -0.1) is 0 Å². The molecule has 2 saturated heterocycles. The molecule has 19 heavy (non-hydrogen) atoms. The lowest BCUT2D eigenvalue weighted by Gasteiger charge is -2.24. The van der Waals surface area contributed by atoms with Crippen LogP contribution in [0.5, 0.6) is 0 Å². The lowest BCUT2D eigenvalue weighted by atomic mass is 10.2. The molecule has 0 amide bonds. The number of hydrogen-bond donors (Lipinski definition) is 1. The van der Waals surface area contributed by atoms with Gasteiger partial charge in [0.2, 0.25) is 0 Å². The zero-order chi connectivity index (χ0) is 13.1. The SMILES string of the molecule is CCNc1cc(N2CCC(N3CCCC3)C2)ccn1. The molecule has 3 rings (SSSR count). The normalized spacial score (nSPS) is 24.1. The van der Waals surface area contributed by atoms with E-state index in [1.165, 1.54) is 51.1 Å². The van der Waals surface area contributed by atoms with Crippen molar-refractivity contribution in [1.82, 2.24) is 9.88 Å². The molecule has 4 heteroatoms. The van der Waals surface area contributed by atoms with Gasteiger partial charge >= 0.3 is 0 Å². The Morgan fingerprint density at radius 1 is 1.32 bits per heavy atom. The minimum Gasteiger partial charge on any atom is -0.370 e. The van der Waals surface area contributed by atoms with Gasteiger partial charge in [-0.25, -0.2) is 4.98 Å². The van der Waals surface area contributed by atoms with Crippen molar-refractivity contribution in [2.45, 2.75) is 32.2 Å². The molecule has 2 aliphatic rings. The van der Waals surface area contributed by atoms with E-state index < -0.39 is 0 Å². The first kappa shape index (κ1) is 12.7. The van der Waals surface area contributed by atoms with Crippen LogP contribution in [0, 0.1) is 0 Å². The molecular formula is C15H24N4. The summed E-state index contributed by atoms with van der Waals surface area (Å²) in [5.74, 6) is 0.990. The highest BCUT2D eigenvalue weighted by Crippen LogP contribution is 2.26. The second-order valence-electron chi connectivity index (χ2n) is 5.56. The van der Waals surface area contributed by atoms with E-state index in [4.69, 9.17) is 0 Å². The summed E-state index contributed by atoms with van der Waals surface area (Å²) < 4.78 is 0. The summed E-state index contributed by atoms with van der Waals surface area (Å²) in [6, 6.07) is 5.07. The molecule has 0 saturated carbocycles. The Bertz CT molecular complexity index is 414. The Kier molecular flexibility index (Phi) is 3.87. The number of anilines is 2. The molecular weight excluding hydrogens is 236 g/mol. The lowest BCUT2D eigenvalue weighted by molar-refractivity contribution is 0.260. The lowest BCUT2D eigenvalue weighted by Crippen LogP contribution is -2.35. The van der Waals surface area contributed by atoms with Crippen LogP contribution in [0.25, 0.3) is 0 Å². The van der Waals surface area contributed by atoms with Crippen molar-refractivity contribution in [3.63, 3.8) is 0 Å². The fourth-order valence-corrected chi connectivity index (χ4v) is 3.28. The van der Waals surface area contributed by atoms with Crippen molar-refractivity contribution in [2.24, 2.45) is 0 Å². The molecule has 104 valence electrons. The molecule has 2 fully saturated rings. The van der Waals surface area contributed by atoms with Crippen molar-refractivity contribution in [1.29, 1.82) is 0 Å². The van der Waals surface area contributed by atoms with Gasteiger partial charge in [0.25, 0.3) is 0 Å². The first-order chi connectivity index (χ1) is 9.36. The summed E-state index contributed by atoms with van der Waals surface area (Å²) in [6.07, 6.45) is 5.99. The number of rotatable bonds is 4. The standard InChI is InChI=1S/C15H24N4/c1-2-16-15-11-13(5-7-17-15)19-10-6-14(12-19)18-8-3-4-9-18/h5,7,11,14H,2-4,6,8-10,12H2,1H3,(H,16,17). The molecule has 1 aromatic heterocycles. The molecule has 2 aliphatic heterocycles. The van der Waals surface area contributed by atoms with E-state index in [2.05, 4.69) is 39.2 Å². The molecule has 0 spiro atoms. The highest BCUT2D eigenvalue weighted by atomic mass is 15.3. The third-order valence-corrected chi connectivity index (χ3v) is 4.29. The molecule has 0 radical (unpaired) electrons. The van der Waals surface area contributed by atoms with Crippen LogP contribution in [-0.2, 0) is 0 Å². The monoisotopic (exact) mass is 260 g/mol. The van der Waals surface area contributed by atoms with Gasteiger partial charge in [-0.1, -0.05) is 0 Å². The molecule has 0 aliphatic carbocycles. The van der Waals surface area contributed by atoms with Crippen LogP contribution in [0.15, 0.2) is 18.3 Å². The third kappa shape index (κ3) is 2.84. The van der Waals surface area contributed by atoms with Crippen molar-refractivity contribution in [3.8, 4) is 0 Å². The Labute approximate surface area is 115 Å². The molecule has 3 heterocycles. The van der Waals surface area contributed by atoms with Crippen LogP contribution in [0.4, 0.5) is 11.5 Å². The third-order valence-electron chi connectivity index (χ3n) is 4.29. The second-order valence-corrected chi connectivity index (χ2v) is 5.56. The van der Waals surface area contributed by atoms with Gasteiger partial charge < -0.3 is 10.2 Å². The van der Waals surface area contributed by atoms with Gasteiger partial charge in [0.1, 0.15) is 5.82 Å². The maximum Gasteiger partial charge on any atom is 0.127 e. The maximum atomic E-state index is 4.35. The minimum atomic E-state index is 0.762. The van der Waals surface area contributed by atoms with E-state index in [0.29, 0.717) is 0 Å². The predicted octanol–water partition coefficient (Wildman–Crippen LogP) is 2.19. The molecule has 1 unspecified atom stereocenters. The topological polar surface area (TPSA) is 31.4 Å². The van der Waals surface area contributed by atoms with Crippen LogP contribution in [-0.4, -0.2) is 48.6 Å². The molecule has 1 N–H and O–H groups in total. The highest BCUT2D eigenvalue weighted by molar-refractivity contribution is 5.54. The van der Waals surface area contributed by atoms with Crippen molar-refractivity contribution < 1.29 is 0 Å². The van der Waals surface area contributed by atoms with Crippen LogP contribution in [0.1, 0.15) is 26.2 Å². The quantitative estimate of drug-likeness (QED) is 0.899. The van der Waals surface area contributed by atoms with Crippen molar-refractivity contribution >= 4 is 11.5 Å². The van der Waals surface area contributed by atoms with Crippen LogP contribution in [0.2, 0.25) is 0 Å². The molecule has 0 aromatic carbocycles. The maximum absolute atomic E-state index is 4.35. The van der Waals surface area contributed by atoms with Crippen LogP contribution >= 0.6 is 0 Å². The molecule has 1 atom stereocenters. The summed E-state index contributed by atoms with van der Waals surface area (Å²) in [5, 5.41) is 3.29.